The van der Waals surface area contributed by atoms with Crippen molar-refractivity contribution in [2.45, 2.75) is 13.1 Å². The van der Waals surface area contributed by atoms with Crippen LogP contribution in [-0.2, 0) is 13.1 Å². The highest BCUT2D eigenvalue weighted by Crippen LogP contribution is 2.10. The van der Waals surface area contributed by atoms with E-state index in [1.807, 2.05) is 6.07 Å². The number of hydrogen-bond acceptors (Lipinski definition) is 2. The highest BCUT2D eigenvalue weighted by atomic mass is 19.1. The number of urea groups is 1. The van der Waals surface area contributed by atoms with Gasteiger partial charge in [0.25, 0.3) is 0 Å². The molecule has 0 aliphatic rings. The molecule has 4 nitrogen and oxygen atoms in total. The Morgan fingerprint density at radius 2 is 1.91 bits per heavy atom. The molecule has 2 aromatic carbocycles. The fourth-order valence-electron chi connectivity index (χ4n) is 2.00. The van der Waals surface area contributed by atoms with Crippen molar-refractivity contribution in [3.05, 3.63) is 70.8 Å². The first-order valence-electron chi connectivity index (χ1n) is 6.91. The number of rotatable bonds is 4. The molecule has 0 aliphatic carbocycles. The normalized spacial score (nSPS) is 10.0. The van der Waals surface area contributed by atoms with E-state index >= 15 is 0 Å². The van der Waals surface area contributed by atoms with E-state index in [4.69, 9.17) is 5.26 Å². The summed E-state index contributed by atoms with van der Waals surface area (Å²) in [6, 6.07) is 11.4. The lowest BCUT2D eigenvalue weighted by molar-refractivity contribution is 0.206. The molecule has 0 heterocycles. The summed E-state index contributed by atoms with van der Waals surface area (Å²) in [5.41, 5.74) is 1.31. The van der Waals surface area contributed by atoms with Gasteiger partial charge in [-0.1, -0.05) is 18.2 Å². The maximum Gasteiger partial charge on any atom is 0.317 e. The van der Waals surface area contributed by atoms with E-state index in [2.05, 4.69) is 5.32 Å². The number of carbonyl (C=O) groups excluding carboxylic acids is 1. The van der Waals surface area contributed by atoms with Gasteiger partial charge >= 0.3 is 6.03 Å². The van der Waals surface area contributed by atoms with Crippen molar-refractivity contribution in [3.8, 4) is 6.07 Å². The number of nitriles is 1. The molecule has 0 aromatic heterocycles. The average molecular weight is 315 g/mol. The predicted molar refractivity (Wildman–Crippen MR) is 81.2 cm³/mol. The van der Waals surface area contributed by atoms with Gasteiger partial charge in [-0.15, -0.1) is 0 Å². The fourth-order valence-corrected chi connectivity index (χ4v) is 2.00. The van der Waals surface area contributed by atoms with Gasteiger partial charge < -0.3 is 10.2 Å². The van der Waals surface area contributed by atoms with Crippen LogP contribution in [0.3, 0.4) is 0 Å². The lowest BCUT2D eigenvalue weighted by Crippen LogP contribution is -2.36. The van der Waals surface area contributed by atoms with Crippen molar-refractivity contribution < 1.29 is 13.6 Å². The zero-order valence-corrected chi connectivity index (χ0v) is 12.5. The second kappa shape index (κ2) is 7.36. The van der Waals surface area contributed by atoms with Crippen LogP contribution in [0.2, 0.25) is 0 Å². The first kappa shape index (κ1) is 16.4. The molecule has 0 fully saturated rings. The molecule has 2 amide bonds. The highest BCUT2D eigenvalue weighted by molar-refractivity contribution is 5.73. The van der Waals surface area contributed by atoms with Crippen molar-refractivity contribution in [1.82, 2.24) is 10.2 Å². The topological polar surface area (TPSA) is 56.1 Å². The molecule has 0 saturated heterocycles. The van der Waals surface area contributed by atoms with Crippen LogP contribution in [-0.4, -0.2) is 18.0 Å². The van der Waals surface area contributed by atoms with Crippen LogP contribution in [0.1, 0.15) is 16.7 Å². The molecule has 2 aromatic rings. The molecular formula is C17H15F2N3O. The van der Waals surface area contributed by atoms with Gasteiger partial charge in [0, 0.05) is 25.7 Å². The molecular weight excluding hydrogens is 300 g/mol. The van der Waals surface area contributed by atoms with Crippen molar-refractivity contribution >= 4 is 6.03 Å². The number of hydrogen-bond donors (Lipinski definition) is 1. The summed E-state index contributed by atoms with van der Waals surface area (Å²) >= 11 is 0. The smallest absolute Gasteiger partial charge is 0.317 e. The first-order chi connectivity index (χ1) is 11.0. The van der Waals surface area contributed by atoms with E-state index in [1.165, 1.54) is 29.2 Å². The third kappa shape index (κ3) is 4.51. The number of nitrogens with zero attached hydrogens (tertiary/aromatic N) is 2. The van der Waals surface area contributed by atoms with Gasteiger partial charge in [0.15, 0.2) is 0 Å². The van der Waals surface area contributed by atoms with Gasteiger partial charge in [-0.25, -0.2) is 13.6 Å². The third-order valence-corrected chi connectivity index (χ3v) is 3.29. The standard InChI is InChI=1S/C17H15F2N3O/c1-22(11-12-3-6-15(18)7-4-12)17(23)21-10-14-5-2-13(9-20)8-16(14)19/h2-8H,10-11H2,1H3,(H,21,23). The Balaban J connectivity index is 1.91. The SMILES string of the molecule is CN(Cc1ccc(F)cc1)C(=O)NCc1ccc(C#N)cc1F. The molecule has 0 radical (unpaired) electrons. The Bertz CT molecular complexity index is 738. The lowest BCUT2D eigenvalue weighted by atomic mass is 10.1. The molecule has 0 unspecified atom stereocenters. The number of carbonyl (C=O) groups is 1. The van der Waals surface area contributed by atoms with Crippen LogP contribution in [0.5, 0.6) is 0 Å². The third-order valence-electron chi connectivity index (χ3n) is 3.29. The maximum atomic E-state index is 13.7. The summed E-state index contributed by atoms with van der Waals surface area (Å²) in [4.78, 5) is 13.4. The molecule has 2 rings (SSSR count). The highest BCUT2D eigenvalue weighted by Gasteiger charge is 2.10. The second-order valence-corrected chi connectivity index (χ2v) is 5.06. The maximum absolute atomic E-state index is 13.7. The van der Waals surface area contributed by atoms with E-state index in [0.29, 0.717) is 12.1 Å². The summed E-state index contributed by atoms with van der Waals surface area (Å²) in [7, 11) is 1.59. The average Bonchev–Trinajstić information content (AvgIpc) is 2.55. The molecule has 118 valence electrons. The monoisotopic (exact) mass is 315 g/mol. The number of amides is 2. The summed E-state index contributed by atoms with van der Waals surface area (Å²) in [5.74, 6) is -0.873. The van der Waals surface area contributed by atoms with E-state index in [9.17, 15) is 13.6 Å². The zero-order valence-electron chi connectivity index (χ0n) is 12.5. The molecule has 0 bridgehead atoms. The molecule has 0 spiro atoms. The fraction of sp³-hybridized carbons (Fsp3) is 0.176. The summed E-state index contributed by atoms with van der Waals surface area (Å²) in [6.07, 6.45) is 0. The van der Waals surface area contributed by atoms with Crippen LogP contribution in [0.25, 0.3) is 0 Å². The Kier molecular flexibility index (Phi) is 5.26. The van der Waals surface area contributed by atoms with Crippen LogP contribution in [0, 0.1) is 23.0 Å². The van der Waals surface area contributed by atoms with Crippen molar-refractivity contribution in [2.24, 2.45) is 0 Å². The summed E-state index contributed by atoms with van der Waals surface area (Å²) < 4.78 is 26.6. The quantitative estimate of drug-likeness (QED) is 0.942. The van der Waals surface area contributed by atoms with E-state index in [1.54, 1.807) is 19.2 Å². The molecule has 0 saturated carbocycles. The largest absolute Gasteiger partial charge is 0.334 e. The number of benzene rings is 2. The number of halogens is 2. The summed E-state index contributed by atoms with van der Waals surface area (Å²) in [5, 5.41) is 11.3. The van der Waals surface area contributed by atoms with Crippen LogP contribution >= 0.6 is 0 Å². The van der Waals surface area contributed by atoms with E-state index in [0.717, 1.165) is 11.6 Å². The summed E-state index contributed by atoms with van der Waals surface area (Å²) in [6.45, 7) is 0.325. The minimum absolute atomic E-state index is 0.0180. The molecule has 6 heteroatoms. The van der Waals surface area contributed by atoms with E-state index < -0.39 is 5.82 Å². The molecule has 0 aliphatic heterocycles. The number of nitrogens with one attached hydrogen (secondary N) is 1. The zero-order chi connectivity index (χ0) is 16.8. The Morgan fingerprint density at radius 3 is 2.52 bits per heavy atom. The Morgan fingerprint density at radius 1 is 1.22 bits per heavy atom. The molecule has 0 atom stereocenters. The Labute approximate surface area is 133 Å². The van der Waals surface area contributed by atoms with E-state index in [-0.39, 0.29) is 24.0 Å². The van der Waals surface area contributed by atoms with Crippen LogP contribution in [0.15, 0.2) is 42.5 Å². The van der Waals surface area contributed by atoms with Gasteiger partial charge in [0.1, 0.15) is 11.6 Å². The van der Waals surface area contributed by atoms with Gasteiger partial charge in [-0.3, -0.25) is 0 Å². The van der Waals surface area contributed by atoms with Crippen molar-refractivity contribution in [2.75, 3.05) is 7.05 Å². The minimum atomic E-state index is -0.537. The second-order valence-electron chi connectivity index (χ2n) is 5.06. The van der Waals surface area contributed by atoms with Crippen LogP contribution < -0.4 is 5.32 Å². The Hall–Kier alpha value is -2.94. The lowest BCUT2D eigenvalue weighted by Gasteiger charge is -2.18. The van der Waals surface area contributed by atoms with Crippen molar-refractivity contribution in [1.29, 1.82) is 5.26 Å². The van der Waals surface area contributed by atoms with Gasteiger partial charge in [-0.2, -0.15) is 5.26 Å². The molecule has 1 N–H and O–H groups in total. The van der Waals surface area contributed by atoms with Crippen molar-refractivity contribution in [3.63, 3.8) is 0 Å². The van der Waals surface area contributed by atoms with Gasteiger partial charge in [-0.05, 0) is 29.8 Å². The first-order valence-corrected chi connectivity index (χ1v) is 6.91. The van der Waals surface area contributed by atoms with Gasteiger partial charge in [0.2, 0.25) is 0 Å². The van der Waals surface area contributed by atoms with Gasteiger partial charge in [0.05, 0.1) is 11.6 Å². The minimum Gasteiger partial charge on any atom is -0.334 e. The van der Waals surface area contributed by atoms with Crippen LogP contribution in [0.4, 0.5) is 13.6 Å². The molecule has 23 heavy (non-hydrogen) atoms. The predicted octanol–water partition coefficient (Wildman–Crippen LogP) is 3.18.